The van der Waals surface area contributed by atoms with E-state index in [1.165, 1.54) is 24.8 Å². The summed E-state index contributed by atoms with van der Waals surface area (Å²) in [5.41, 5.74) is 0.825. The molecule has 1 aromatic rings. The lowest BCUT2D eigenvalue weighted by atomic mass is 9.52. The summed E-state index contributed by atoms with van der Waals surface area (Å²) in [7, 11) is 0. The average Bonchev–Trinajstić information content (AvgIpc) is 2.92. The van der Waals surface area contributed by atoms with E-state index in [-0.39, 0.29) is 17.0 Å². The number of rotatable bonds is 1. The quantitative estimate of drug-likeness (QED) is 0.734. The molecule has 4 rings (SSSR count). The second kappa shape index (κ2) is 4.33. The number of hydrogen-bond donors (Lipinski definition) is 0. The summed E-state index contributed by atoms with van der Waals surface area (Å²) in [5, 5.41) is 0. The molecule has 2 spiro atoms. The summed E-state index contributed by atoms with van der Waals surface area (Å²) in [6.07, 6.45) is 7.06. The molecule has 21 heavy (non-hydrogen) atoms. The molecular formula is C18H22O3. The van der Waals surface area contributed by atoms with Gasteiger partial charge in [-0.05, 0) is 25.3 Å². The van der Waals surface area contributed by atoms with Crippen molar-refractivity contribution in [2.45, 2.75) is 63.3 Å². The summed E-state index contributed by atoms with van der Waals surface area (Å²) in [6, 6.07) is 10.4. The van der Waals surface area contributed by atoms with Crippen LogP contribution in [0.3, 0.4) is 0 Å². The van der Waals surface area contributed by atoms with Crippen LogP contribution >= 0.6 is 0 Å². The zero-order valence-electron chi connectivity index (χ0n) is 12.6. The van der Waals surface area contributed by atoms with Crippen molar-refractivity contribution in [3.63, 3.8) is 0 Å². The number of carbonyl (C=O) groups is 1. The molecule has 0 bridgehead atoms. The molecule has 112 valence electrons. The van der Waals surface area contributed by atoms with Crippen LogP contribution in [0.15, 0.2) is 30.3 Å². The van der Waals surface area contributed by atoms with E-state index in [1.54, 1.807) is 0 Å². The van der Waals surface area contributed by atoms with Crippen LogP contribution in [0.2, 0.25) is 0 Å². The molecule has 3 nitrogen and oxygen atoms in total. The van der Waals surface area contributed by atoms with Gasteiger partial charge in [-0.1, -0.05) is 49.6 Å². The Kier molecular flexibility index (Phi) is 2.74. The Bertz CT molecular complexity index is 561. The monoisotopic (exact) mass is 286 g/mol. The van der Waals surface area contributed by atoms with E-state index in [2.05, 4.69) is 31.2 Å². The van der Waals surface area contributed by atoms with Crippen LogP contribution in [0.25, 0.3) is 0 Å². The Labute approximate surface area is 125 Å². The molecular weight excluding hydrogens is 264 g/mol. The maximum Gasteiger partial charge on any atom is 0.308 e. The fourth-order valence-electron chi connectivity index (χ4n) is 4.91. The highest BCUT2D eigenvalue weighted by Crippen LogP contribution is 2.71. The van der Waals surface area contributed by atoms with Crippen LogP contribution in [-0.2, 0) is 19.9 Å². The number of fused-ring (bicyclic) bond motifs is 1. The lowest BCUT2D eigenvalue weighted by Gasteiger charge is -2.68. The van der Waals surface area contributed by atoms with Crippen molar-refractivity contribution in [2.24, 2.45) is 5.41 Å². The molecule has 3 heteroatoms. The van der Waals surface area contributed by atoms with Crippen molar-refractivity contribution in [1.29, 1.82) is 0 Å². The standard InChI is InChI=1S/C18H22O3/c1-16(14-8-4-2-5-9-14)17(11-6-3-7-12-17)18(21-16)13-10-15(19)20-18/h2,4-5,8-9H,3,6-7,10-13H2,1H3/t16?,18-/m1/s1. The minimum absolute atomic E-state index is 0.0498. The number of hydrogen-bond acceptors (Lipinski definition) is 3. The summed E-state index contributed by atoms with van der Waals surface area (Å²) in [6.45, 7) is 2.19. The molecule has 2 aliphatic heterocycles. The SMILES string of the molecule is CC1(c2ccccc2)O[C@]2(CCC(=O)O2)C12CCCCC2. The second-order valence-electron chi connectivity index (χ2n) is 6.87. The van der Waals surface area contributed by atoms with E-state index in [0.717, 1.165) is 12.8 Å². The van der Waals surface area contributed by atoms with E-state index in [9.17, 15) is 4.79 Å². The normalized spacial score (nSPS) is 37.5. The van der Waals surface area contributed by atoms with E-state index in [1.807, 2.05) is 6.07 Å². The Hall–Kier alpha value is -1.35. The average molecular weight is 286 g/mol. The number of carbonyl (C=O) groups excluding carboxylic acids is 1. The van der Waals surface area contributed by atoms with Gasteiger partial charge in [0.25, 0.3) is 0 Å². The molecule has 0 amide bonds. The van der Waals surface area contributed by atoms with Gasteiger partial charge in [0, 0.05) is 6.42 Å². The van der Waals surface area contributed by atoms with Crippen molar-refractivity contribution in [3.05, 3.63) is 35.9 Å². The summed E-state index contributed by atoms with van der Waals surface area (Å²) in [5.74, 6) is -0.759. The fourth-order valence-corrected chi connectivity index (χ4v) is 4.91. The Morgan fingerprint density at radius 3 is 2.33 bits per heavy atom. The van der Waals surface area contributed by atoms with Crippen molar-refractivity contribution in [3.8, 4) is 0 Å². The van der Waals surface area contributed by atoms with E-state index >= 15 is 0 Å². The molecule has 2 heterocycles. The first-order chi connectivity index (χ1) is 10.1. The van der Waals surface area contributed by atoms with Gasteiger partial charge in [0.05, 0.1) is 11.8 Å². The predicted octanol–water partition coefficient (Wildman–Crippen LogP) is 3.92. The van der Waals surface area contributed by atoms with Gasteiger partial charge in [0.1, 0.15) is 5.60 Å². The van der Waals surface area contributed by atoms with Crippen LogP contribution in [0.5, 0.6) is 0 Å². The maximum absolute atomic E-state index is 11.7. The van der Waals surface area contributed by atoms with Crippen molar-refractivity contribution < 1.29 is 14.3 Å². The highest BCUT2D eigenvalue weighted by molar-refractivity contribution is 5.72. The van der Waals surface area contributed by atoms with Crippen LogP contribution in [0.4, 0.5) is 0 Å². The van der Waals surface area contributed by atoms with E-state index < -0.39 is 5.79 Å². The molecule has 1 unspecified atom stereocenters. The zero-order valence-corrected chi connectivity index (χ0v) is 12.6. The molecule has 2 saturated heterocycles. The van der Waals surface area contributed by atoms with E-state index in [4.69, 9.17) is 9.47 Å². The molecule has 2 atom stereocenters. The highest BCUT2D eigenvalue weighted by atomic mass is 16.8. The third-order valence-electron chi connectivity index (χ3n) is 5.98. The topological polar surface area (TPSA) is 35.5 Å². The number of benzene rings is 1. The van der Waals surface area contributed by atoms with Crippen LogP contribution in [-0.4, -0.2) is 11.8 Å². The van der Waals surface area contributed by atoms with Gasteiger partial charge in [0.15, 0.2) is 0 Å². The van der Waals surface area contributed by atoms with Crippen molar-refractivity contribution in [2.75, 3.05) is 0 Å². The Balaban J connectivity index is 1.78. The van der Waals surface area contributed by atoms with Gasteiger partial charge < -0.3 is 9.47 Å². The van der Waals surface area contributed by atoms with Crippen LogP contribution in [0, 0.1) is 5.41 Å². The summed E-state index contributed by atoms with van der Waals surface area (Å²) < 4.78 is 12.1. The first-order valence-electron chi connectivity index (χ1n) is 8.10. The molecule has 0 N–H and O–H groups in total. The number of ether oxygens (including phenoxy) is 2. The van der Waals surface area contributed by atoms with Gasteiger partial charge in [-0.15, -0.1) is 0 Å². The molecule has 0 radical (unpaired) electrons. The van der Waals surface area contributed by atoms with Gasteiger partial charge >= 0.3 is 5.97 Å². The Morgan fingerprint density at radius 1 is 1.00 bits per heavy atom. The molecule has 3 aliphatic rings. The first kappa shape index (κ1) is 13.3. The summed E-state index contributed by atoms with van der Waals surface area (Å²) in [4.78, 5) is 11.7. The largest absolute Gasteiger partial charge is 0.432 e. The van der Waals surface area contributed by atoms with Crippen LogP contribution in [0.1, 0.15) is 57.4 Å². The van der Waals surface area contributed by atoms with E-state index in [0.29, 0.717) is 12.8 Å². The van der Waals surface area contributed by atoms with Crippen LogP contribution < -0.4 is 0 Å². The van der Waals surface area contributed by atoms with Gasteiger partial charge in [-0.25, -0.2) is 0 Å². The minimum atomic E-state index is -0.658. The van der Waals surface area contributed by atoms with Crippen molar-refractivity contribution >= 4 is 5.97 Å². The molecule has 1 saturated carbocycles. The van der Waals surface area contributed by atoms with Gasteiger partial charge in [0.2, 0.25) is 5.79 Å². The maximum atomic E-state index is 11.7. The zero-order chi connectivity index (χ0) is 14.6. The minimum Gasteiger partial charge on any atom is -0.432 e. The Morgan fingerprint density at radius 2 is 1.71 bits per heavy atom. The predicted molar refractivity (Wildman–Crippen MR) is 78.5 cm³/mol. The molecule has 1 aliphatic carbocycles. The third-order valence-corrected chi connectivity index (χ3v) is 5.98. The third kappa shape index (κ3) is 1.56. The number of esters is 1. The first-order valence-corrected chi connectivity index (χ1v) is 8.10. The lowest BCUT2D eigenvalue weighted by Crippen LogP contribution is -2.74. The fraction of sp³-hybridized carbons (Fsp3) is 0.611. The van der Waals surface area contributed by atoms with Gasteiger partial charge in [-0.3, -0.25) is 4.79 Å². The lowest BCUT2D eigenvalue weighted by molar-refractivity contribution is -0.461. The molecule has 0 aromatic heterocycles. The highest BCUT2D eigenvalue weighted by Gasteiger charge is 2.77. The molecule has 3 fully saturated rings. The van der Waals surface area contributed by atoms with Crippen molar-refractivity contribution in [1.82, 2.24) is 0 Å². The second-order valence-corrected chi connectivity index (χ2v) is 6.87. The summed E-state index contributed by atoms with van der Waals surface area (Å²) >= 11 is 0. The van der Waals surface area contributed by atoms with Gasteiger partial charge in [-0.2, -0.15) is 0 Å². The molecule has 1 aromatic carbocycles. The smallest absolute Gasteiger partial charge is 0.308 e.